The molecule has 0 saturated heterocycles. The summed E-state index contributed by atoms with van der Waals surface area (Å²) in [6.45, 7) is 7.59. The van der Waals surface area contributed by atoms with Crippen molar-refractivity contribution in [3.05, 3.63) is 64.4 Å². The van der Waals surface area contributed by atoms with Crippen LogP contribution in [-0.2, 0) is 11.3 Å². The quantitative estimate of drug-likeness (QED) is 0.546. The van der Waals surface area contributed by atoms with Gasteiger partial charge in [0.2, 0.25) is 5.69 Å². The van der Waals surface area contributed by atoms with Crippen LogP contribution in [0.5, 0.6) is 0 Å². The predicted molar refractivity (Wildman–Crippen MR) is 85.7 cm³/mol. The third-order valence-electron chi connectivity index (χ3n) is 3.32. The molecule has 0 aliphatic heterocycles. The number of fused-ring (bicyclic) bond motifs is 1. The summed E-state index contributed by atoms with van der Waals surface area (Å²) in [5, 5.41) is 1.47. The van der Waals surface area contributed by atoms with Gasteiger partial charge >= 0.3 is 11.9 Å². The van der Waals surface area contributed by atoms with Crippen molar-refractivity contribution >= 4 is 34.4 Å². The Morgan fingerprint density at radius 2 is 2.26 bits per heavy atom. The van der Waals surface area contributed by atoms with E-state index in [0.717, 1.165) is 16.5 Å². The Hall–Kier alpha value is -2.91. The average Bonchev–Trinajstić information content (AvgIpc) is 2.96. The van der Waals surface area contributed by atoms with Crippen LogP contribution in [-0.4, -0.2) is 27.6 Å². The molecule has 3 rings (SSSR count). The molecular formula is C16H11ClN4O2. The van der Waals surface area contributed by atoms with Gasteiger partial charge < -0.3 is 9.58 Å². The summed E-state index contributed by atoms with van der Waals surface area (Å²) in [7, 11) is 1.28. The molecule has 3 aromatic rings. The molecule has 0 atom stereocenters. The zero-order valence-corrected chi connectivity index (χ0v) is 12.9. The summed E-state index contributed by atoms with van der Waals surface area (Å²) >= 11 is 5.96. The van der Waals surface area contributed by atoms with Crippen LogP contribution in [0.15, 0.2) is 36.7 Å². The van der Waals surface area contributed by atoms with Gasteiger partial charge in [-0.15, -0.1) is 11.6 Å². The molecule has 114 valence electrons. The SMILES string of the molecule is [C-]#[N+]c1nc(C(=O)OC)cn1Cc1ccc2ncc(Cl)cc2c1. The van der Waals surface area contributed by atoms with Crippen molar-refractivity contribution in [2.45, 2.75) is 6.54 Å². The first kappa shape index (κ1) is 15.0. The molecule has 0 bridgehead atoms. The fourth-order valence-electron chi connectivity index (χ4n) is 2.26. The predicted octanol–water partition coefficient (Wildman–Crippen LogP) is 3.47. The fourth-order valence-corrected chi connectivity index (χ4v) is 2.43. The first-order valence-corrected chi connectivity index (χ1v) is 7.05. The van der Waals surface area contributed by atoms with Crippen LogP contribution in [0.1, 0.15) is 16.1 Å². The summed E-state index contributed by atoms with van der Waals surface area (Å²) in [6, 6.07) is 7.57. The number of nitrogens with zero attached hydrogens (tertiary/aromatic N) is 4. The second kappa shape index (κ2) is 6.07. The summed E-state index contributed by atoms with van der Waals surface area (Å²) in [6.07, 6.45) is 3.11. The Morgan fingerprint density at radius 3 is 3.00 bits per heavy atom. The smallest absolute Gasteiger partial charge is 0.374 e. The number of halogens is 1. The van der Waals surface area contributed by atoms with Crippen LogP contribution in [0, 0.1) is 6.57 Å². The van der Waals surface area contributed by atoms with Gasteiger partial charge in [0.1, 0.15) is 0 Å². The van der Waals surface area contributed by atoms with Crippen LogP contribution >= 0.6 is 11.6 Å². The Balaban J connectivity index is 1.97. The molecule has 0 fully saturated rings. The lowest BCUT2D eigenvalue weighted by molar-refractivity contribution is 0.0594. The van der Waals surface area contributed by atoms with Crippen molar-refractivity contribution in [1.29, 1.82) is 0 Å². The van der Waals surface area contributed by atoms with E-state index < -0.39 is 5.97 Å². The van der Waals surface area contributed by atoms with Crippen molar-refractivity contribution in [2.24, 2.45) is 0 Å². The van der Waals surface area contributed by atoms with Crippen molar-refractivity contribution in [3.63, 3.8) is 0 Å². The maximum atomic E-state index is 11.5. The van der Waals surface area contributed by atoms with Crippen LogP contribution in [0.3, 0.4) is 0 Å². The van der Waals surface area contributed by atoms with Gasteiger partial charge in [-0.1, -0.05) is 17.7 Å². The molecule has 0 amide bonds. The topological polar surface area (TPSA) is 61.4 Å². The van der Waals surface area contributed by atoms with Crippen molar-refractivity contribution in [1.82, 2.24) is 14.5 Å². The minimum atomic E-state index is -0.567. The lowest BCUT2D eigenvalue weighted by atomic mass is 10.1. The zero-order valence-electron chi connectivity index (χ0n) is 12.2. The van der Waals surface area contributed by atoms with E-state index in [1.54, 1.807) is 10.8 Å². The molecule has 0 aliphatic rings. The maximum absolute atomic E-state index is 11.5. The van der Waals surface area contributed by atoms with E-state index >= 15 is 0 Å². The van der Waals surface area contributed by atoms with E-state index in [0.29, 0.717) is 11.6 Å². The van der Waals surface area contributed by atoms with Gasteiger partial charge in [0.15, 0.2) is 0 Å². The molecule has 0 aliphatic carbocycles. The van der Waals surface area contributed by atoms with E-state index in [9.17, 15) is 4.79 Å². The standard InChI is InChI=1S/C16H11ClN4O2/c1-18-16-20-14(15(22)23-2)9-21(16)8-10-3-4-13-11(5-10)6-12(17)7-19-13/h3-7,9H,8H2,2H3. The molecule has 6 nitrogen and oxygen atoms in total. The maximum Gasteiger partial charge on any atom is 0.374 e. The monoisotopic (exact) mass is 326 g/mol. The third kappa shape index (κ3) is 3.00. The normalized spacial score (nSPS) is 10.5. The number of rotatable bonds is 3. The number of hydrogen-bond donors (Lipinski definition) is 0. The zero-order chi connectivity index (χ0) is 16.4. The van der Waals surface area contributed by atoms with Gasteiger partial charge in [-0.2, -0.15) is 0 Å². The molecule has 1 aromatic carbocycles. The van der Waals surface area contributed by atoms with E-state index in [-0.39, 0.29) is 11.6 Å². The highest BCUT2D eigenvalue weighted by Gasteiger charge is 2.18. The number of pyridine rings is 1. The van der Waals surface area contributed by atoms with Crippen molar-refractivity contribution < 1.29 is 9.53 Å². The second-order valence-electron chi connectivity index (χ2n) is 4.84. The van der Waals surface area contributed by atoms with Crippen LogP contribution in [0.4, 0.5) is 5.95 Å². The Morgan fingerprint density at radius 1 is 1.43 bits per heavy atom. The van der Waals surface area contributed by atoms with Crippen LogP contribution in [0.25, 0.3) is 15.7 Å². The average molecular weight is 327 g/mol. The number of methoxy groups -OCH3 is 1. The molecule has 0 saturated carbocycles. The van der Waals surface area contributed by atoms with Gasteiger partial charge in [-0.3, -0.25) is 9.55 Å². The number of benzene rings is 1. The molecule has 0 radical (unpaired) electrons. The molecule has 2 heterocycles. The number of carbonyl (C=O) groups is 1. The van der Waals surface area contributed by atoms with E-state index in [1.165, 1.54) is 13.3 Å². The van der Waals surface area contributed by atoms with Gasteiger partial charge in [-0.25, -0.2) is 4.79 Å². The van der Waals surface area contributed by atoms with Crippen molar-refractivity contribution in [2.75, 3.05) is 7.11 Å². The van der Waals surface area contributed by atoms with Crippen LogP contribution in [0.2, 0.25) is 5.02 Å². The molecule has 0 spiro atoms. The number of carbonyl (C=O) groups excluding carboxylic acids is 1. The van der Waals surface area contributed by atoms with E-state index in [1.807, 2.05) is 24.3 Å². The van der Waals surface area contributed by atoms with Crippen molar-refractivity contribution in [3.8, 4) is 0 Å². The molecule has 7 heteroatoms. The van der Waals surface area contributed by atoms with Gasteiger partial charge in [0.05, 0.1) is 30.4 Å². The Labute approximate surface area is 137 Å². The summed E-state index contributed by atoms with van der Waals surface area (Å²) in [4.78, 5) is 23.1. The largest absolute Gasteiger partial charge is 0.463 e. The minimum absolute atomic E-state index is 0.115. The van der Waals surface area contributed by atoms with E-state index in [2.05, 4.69) is 19.5 Å². The second-order valence-corrected chi connectivity index (χ2v) is 5.27. The first-order valence-electron chi connectivity index (χ1n) is 6.68. The number of hydrogen-bond acceptors (Lipinski definition) is 4. The number of imidazole rings is 1. The Bertz CT molecular complexity index is 943. The summed E-state index contributed by atoms with van der Waals surface area (Å²) < 4.78 is 6.24. The summed E-state index contributed by atoms with van der Waals surface area (Å²) in [5.41, 5.74) is 1.90. The van der Waals surface area contributed by atoms with Crippen LogP contribution < -0.4 is 0 Å². The molecule has 0 unspecified atom stereocenters. The molecule has 0 N–H and O–H groups in total. The number of ether oxygens (including phenoxy) is 1. The minimum Gasteiger partial charge on any atom is -0.463 e. The van der Waals surface area contributed by atoms with Gasteiger partial charge in [0, 0.05) is 11.6 Å². The molecule has 2 aromatic heterocycles. The van der Waals surface area contributed by atoms with Gasteiger partial charge in [0.25, 0.3) is 0 Å². The highest BCUT2D eigenvalue weighted by Crippen LogP contribution is 2.21. The molecule has 23 heavy (non-hydrogen) atoms. The number of aromatic nitrogens is 3. The third-order valence-corrected chi connectivity index (χ3v) is 3.52. The first-order chi connectivity index (χ1) is 11.1. The molecular weight excluding hydrogens is 316 g/mol. The summed E-state index contributed by atoms with van der Waals surface area (Å²) in [5.74, 6) is -0.433. The lowest BCUT2D eigenvalue weighted by Gasteiger charge is -2.04. The van der Waals surface area contributed by atoms with E-state index in [4.69, 9.17) is 18.2 Å². The lowest BCUT2D eigenvalue weighted by Crippen LogP contribution is -2.01. The van der Waals surface area contributed by atoms with Gasteiger partial charge in [-0.05, 0) is 23.8 Å². The Kier molecular flexibility index (Phi) is 3.96. The number of esters is 1. The highest BCUT2D eigenvalue weighted by atomic mass is 35.5. The highest BCUT2D eigenvalue weighted by molar-refractivity contribution is 6.31. The fraction of sp³-hybridized carbons (Fsp3) is 0.125.